The van der Waals surface area contributed by atoms with Gasteiger partial charge in [-0.2, -0.15) is 0 Å². The van der Waals surface area contributed by atoms with E-state index in [-0.39, 0.29) is 11.9 Å². The van der Waals surface area contributed by atoms with Crippen molar-refractivity contribution in [3.05, 3.63) is 29.4 Å². The number of hydrogen-bond acceptors (Lipinski definition) is 4. The highest BCUT2D eigenvalue weighted by Gasteiger charge is 2.33. The number of nitrogens with zero attached hydrogens (tertiary/aromatic N) is 3. The molecular weight excluding hydrogens is 328 g/mol. The van der Waals surface area contributed by atoms with Crippen molar-refractivity contribution in [1.82, 2.24) is 15.1 Å². The number of H-pyrrole nitrogens is 1. The smallest absolute Gasteiger partial charge is 0.227 e. The van der Waals surface area contributed by atoms with Crippen LogP contribution in [0, 0.1) is 13.8 Å². The zero-order valence-corrected chi connectivity index (χ0v) is 15.3. The minimum Gasteiger partial charge on any atom is -0.361 e. The van der Waals surface area contributed by atoms with Crippen LogP contribution in [-0.2, 0) is 4.79 Å². The van der Waals surface area contributed by atoms with Gasteiger partial charge in [-0.3, -0.25) is 4.79 Å². The molecule has 2 aliphatic rings. The number of anilines is 1. The van der Waals surface area contributed by atoms with Gasteiger partial charge in [-0.1, -0.05) is 5.16 Å². The molecule has 134 valence electrons. The van der Waals surface area contributed by atoms with E-state index in [0.29, 0.717) is 12.3 Å². The van der Waals surface area contributed by atoms with Crippen molar-refractivity contribution in [1.29, 1.82) is 0 Å². The summed E-state index contributed by atoms with van der Waals surface area (Å²) in [4.78, 5) is 22.8. The third-order valence-electron chi connectivity index (χ3n) is 5.62. The van der Waals surface area contributed by atoms with Gasteiger partial charge in [0.25, 0.3) is 0 Å². The molecule has 6 heteroatoms. The number of fused-ring (bicyclic) bond motifs is 1. The fourth-order valence-electron chi connectivity index (χ4n) is 4.09. The summed E-state index contributed by atoms with van der Waals surface area (Å²) < 4.78 is 5.37. The van der Waals surface area contributed by atoms with Crippen molar-refractivity contribution in [2.45, 2.75) is 58.4 Å². The van der Waals surface area contributed by atoms with Crippen LogP contribution in [0.25, 0.3) is 22.2 Å². The lowest BCUT2D eigenvalue weighted by Crippen LogP contribution is -2.30. The Labute approximate surface area is 151 Å². The fourth-order valence-corrected chi connectivity index (χ4v) is 4.09. The number of carbonyl (C=O) groups excluding carboxylic acids is 1. The largest absolute Gasteiger partial charge is 0.361 e. The van der Waals surface area contributed by atoms with E-state index in [4.69, 9.17) is 9.51 Å². The second kappa shape index (κ2) is 5.43. The van der Waals surface area contributed by atoms with E-state index in [2.05, 4.69) is 29.2 Å². The Balaban J connectivity index is 1.76. The van der Waals surface area contributed by atoms with E-state index in [1.165, 1.54) is 12.8 Å². The van der Waals surface area contributed by atoms with Crippen LogP contribution in [0.3, 0.4) is 0 Å². The molecule has 0 spiro atoms. The normalized spacial score (nSPS) is 20.5. The summed E-state index contributed by atoms with van der Waals surface area (Å²) in [5.41, 5.74) is 5.64. The number of aromatic amines is 1. The zero-order valence-electron chi connectivity index (χ0n) is 15.3. The summed E-state index contributed by atoms with van der Waals surface area (Å²) in [7, 11) is 0. The van der Waals surface area contributed by atoms with E-state index in [0.717, 1.165) is 51.5 Å². The van der Waals surface area contributed by atoms with E-state index in [1.807, 2.05) is 18.7 Å². The quantitative estimate of drug-likeness (QED) is 0.767. The van der Waals surface area contributed by atoms with Gasteiger partial charge in [-0.05, 0) is 57.7 Å². The molecule has 3 heterocycles. The van der Waals surface area contributed by atoms with Gasteiger partial charge in [-0.15, -0.1) is 0 Å². The predicted octanol–water partition coefficient (Wildman–Crippen LogP) is 4.23. The minimum atomic E-state index is 0.172. The topological polar surface area (TPSA) is 75.0 Å². The van der Waals surface area contributed by atoms with E-state index in [1.54, 1.807) is 0 Å². The van der Waals surface area contributed by atoms with Crippen molar-refractivity contribution >= 4 is 22.6 Å². The van der Waals surface area contributed by atoms with E-state index in [9.17, 15) is 4.79 Å². The Morgan fingerprint density at radius 2 is 2.04 bits per heavy atom. The van der Waals surface area contributed by atoms with Crippen molar-refractivity contribution in [2.75, 3.05) is 4.90 Å². The third-order valence-corrected chi connectivity index (χ3v) is 5.62. The monoisotopic (exact) mass is 350 g/mol. The van der Waals surface area contributed by atoms with E-state index < -0.39 is 0 Å². The third kappa shape index (κ3) is 2.28. The first-order chi connectivity index (χ1) is 12.5. The predicted molar refractivity (Wildman–Crippen MR) is 99.2 cm³/mol. The molecule has 1 aliphatic carbocycles. The highest BCUT2D eigenvalue weighted by atomic mass is 16.5. The van der Waals surface area contributed by atoms with Crippen LogP contribution in [0.15, 0.2) is 16.7 Å². The molecule has 5 rings (SSSR count). The average molecular weight is 350 g/mol. The molecule has 1 saturated heterocycles. The molecule has 3 aromatic rings. The molecule has 2 fully saturated rings. The van der Waals surface area contributed by atoms with Crippen LogP contribution in [0.2, 0.25) is 0 Å². The molecule has 1 aliphatic heterocycles. The summed E-state index contributed by atoms with van der Waals surface area (Å²) in [6.45, 7) is 5.97. The first-order valence-corrected chi connectivity index (χ1v) is 9.32. The van der Waals surface area contributed by atoms with Gasteiger partial charge in [0.05, 0.1) is 16.9 Å². The number of imidazole rings is 1. The Hall–Kier alpha value is -2.63. The lowest BCUT2D eigenvalue weighted by atomic mass is 10.0. The van der Waals surface area contributed by atoms with Gasteiger partial charge < -0.3 is 14.4 Å². The van der Waals surface area contributed by atoms with Gasteiger partial charge in [0, 0.05) is 23.9 Å². The number of aryl methyl sites for hydroxylation is 2. The standard InChI is InChI=1S/C20H22N4O2/c1-10-4-7-17(25)24(10)16-9-14(18-11(2)23-26-12(18)3)8-15-19(16)22-20(21-15)13-5-6-13/h8-10,13H,4-7H2,1-3H3,(H,21,22)/t10-/m1/s1. The molecule has 1 N–H and O–H groups in total. The van der Waals surface area contributed by atoms with Crippen molar-refractivity contribution < 1.29 is 9.32 Å². The van der Waals surface area contributed by atoms with Crippen LogP contribution in [0.1, 0.15) is 55.8 Å². The summed E-state index contributed by atoms with van der Waals surface area (Å²) >= 11 is 0. The van der Waals surface area contributed by atoms with Crippen molar-refractivity contribution in [3.8, 4) is 11.1 Å². The number of rotatable bonds is 3. The van der Waals surface area contributed by atoms with Gasteiger partial charge >= 0.3 is 0 Å². The van der Waals surface area contributed by atoms with Crippen LogP contribution < -0.4 is 4.90 Å². The highest BCUT2D eigenvalue weighted by molar-refractivity contribution is 6.05. The molecule has 6 nitrogen and oxygen atoms in total. The Bertz CT molecular complexity index is 1010. The summed E-state index contributed by atoms with van der Waals surface area (Å²) in [5.74, 6) is 2.53. The lowest BCUT2D eigenvalue weighted by Gasteiger charge is -2.23. The summed E-state index contributed by atoms with van der Waals surface area (Å²) in [5, 5.41) is 4.09. The number of carbonyl (C=O) groups is 1. The first kappa shape index (κ1) is 15.6. The number of nitrogens with one attached hydrogen (secondary N) is 1. The van der Waals surface area contributed by atoms with Crippen LogP contribution in [0.5, 0.6) is 0 Å². The Morgan fingerprint density at radius 3 is 2.65 bits per heavy atom. The van der Waals surface area contributed by atoms with Gasteiger partial charge in [0.15, 0.2) is 0 Å². The molecular formula is C20H22N4O2. The molecule has 0 bridgehead atoms. The maximum atomic E-state index is 12.6. The number of aromatic nitrogens is 3. The Morgan fingerprint density at radius 1 is 1.23 bits per heavy atom. The highest BCUT2D eigenvalue weighted by Crippen LogP contribution is 2.42. The maximum absolute atomic E-state index is 12.6. The Kier molecular flexibility index (Phi) is 3.26. The summed E-state index contributed by atoms with van der Waals surface area (Å²) in [6.07, 6.45) is 3.85. The molecule has 0 unspecified atom stereocenters. The molecule has 1 aromatic carbocycles. The first-order valence-electron chi connectivity index (χ1n) is 9.32. The van der Waals surface area contributed by atoms with E-state index >= 15 is 0 Å². The molecule has 1 amide bonds. The van der Waals surface area contributed by atoms with Crippen LogP contribution in [-0.4, -0.2) is 27.1 Å². The lowest BCUT2D eigenvalue weighted by molar-refractivity contribution is -0.117. The van der Waals surface area contributed by atoms with Crippen LogP contribution >= 0.6 is 0 Å². The molecule has 26 heavy (non-hydrogen) atoms. The minimum absolute atomic E-state index is 0.172. The second-order valence-electron chi connectivity index (χ2n) is 7.64. The average Bonchev–Trinajstić information content (AvgIpc) is 3.17. The van der Waals surface area contributed by atoms with Crippen molar-refractivity contribution in [3.63, 3.8) is 0 Å². The summed E-state index contributed by atoms with van der Waals surface area (Å²) in [6, 6.07) is 4.37. The fraction of sp³-hybridized carbons (Fsp3) is 0.450. The SMILES string of the molecule is Cc1noc(C)c1-c1cc(N2C(=O)CC[C@H]2C)c2nc(C3CC3)[nH]c2c1. The van der Waals surface area contributed by atoms with Crippen LogP contribution in [0.4, 0.5) is 5.69 Å². The molecule has 1 saturated carbocycles. The number of hydrogen-bond donors (Lipinski definition) is 1. The molecule has 0 radical (unpaired) electrons. The molecule has 2 aromatic heterocycles. The number of benzene rings is 1. The second-order valence-corrected chi connectivity index (χ2v) is 7.64. The maximum Gasteiger partial charge on any atom is 0.227 e. The van der Waals surface area contributed by atoms with Crippen molar-refractivity contribution in [2.24, 2.45) is 0 Å². The molecule has 1 atom stereocenters. The zero-order chi connectivity index (χ0) is 18.0. The van der Waals surface area contributed by atoms with Gasteiger partial charge in [0.1, 0.15) is 17.1 Å². The van der Waals surface area contributed by atoms with Gasteiger partial charge in [-0.25, -0.2) is 4.98 Å². The number of amides is 1. The van der Waals surface area contributed by atoms with Gasteiger partial charge in [0.2, 0.25) is 5.91 Å².